The molecule has 1 saturated heterocycles. The van der Waals surface area contributed by atoms with Crippen LogP contribution in [0.4, 0.5) is 11.4 Å². The lowest BCUT2D eigenvalue weighted by Gasteiger charge is -2.17. The Morgan fingerprint density at radius 3 is 2.89 bits per heavy atom. The van der Waals surface area contributed by atoms with E-state index in [1.54, 1.807) is 36.3 Å². The summed E-state index contributed by atoms with van der Waals surface area (Å²) in [4.78, 5) is 26.7. The van der Waals surface area contributed by atoms with Gasteiger partial charge < -0.3 is 19.4 Å². The fraction of sp³-hybridized carbons (Fsp3) is 0.200. The minimum absolute atomic E-state index is 0.0898. The predicted molar refractivity (Wildman–Crippen MR) is 102 cm³/mol. The van der Waals surface area contributed by atoms with Gasteiger partial charge in [-0.2, -0.15) is 0 Å². The van der Waals surface area contributed by atoms with Crippen molar-refractivity contribution >= 4 is 23.2 Å². The van der Waals surface area contributed by atoms with Gasteiger partial charge in [-0.05, 0) is 30.3 Å². The Morgan fingerprint density at radius 2 is 2.11 bits per heavy atom. The van der Waals surface area contributed by atoms with Crippen LogP contribution >= 0.6 is 0 Å². The van der Waals surface area contributed by atoms with Crippen molar-refractivity contribution in [2.24, 2.45) is 5.92 Å². The predicted octanol–water partition coefficient (Wildman–Crippen LogP) is 2.74. The fourth-order valence-corrected chi connectivity index (χ4v) is 3.18. The van der Waals surface area contributed by atoms with Crippen molar-refractivity contribution in [2.45, 2.75) is 6.42 Å². The number of amides is 2. The van der Waals surface area contributed by atoms with E-state index in [4.69, 9.17) is 9.15 Å². The third-order valence-electron chi connectivity index (χ3n) is 4.60. The number of methoxy groups -OCH3 is 1. The molecule has 1 N–H and O–H groups in total. The van der Waals surface area contributed by atoms with Crippen molar-refractivity contribution in [3.05, 3.63) is 54.9 Å². The van der Waals surface area contributed by atoms with E-state index in [0.29, 0.717) is 29.4 Å². The van der Waals surface area contributed by atoms with Gasteiger partial charge in [0.2, 0.25) is 24.1 Å². The lowest BCUT2D eigenvalue weighted by Crippen LogP contribution is -2.28. The number of hydrogen-bond acceptors (Lipinski definition) is 6. The monoisotopic (exact) mass is 378 g/mol. The summed E-state index contributed by atoms with van der Waals surface area (Å²) in [5.41, 5.74) is 2.03. The maximum atomic E-state index is 12.7. The third kappa shape index (κ3) is 3.57. The van der Waals surface area contributed by atoms with Gasteiger partial charge in [0.05, 0.1) is 13.0 Å². The van der Waals surface area contributed by atoms with Crippen LogP contribution in [0.2, 0.25) is 0 Å². The van der Waals surface area contributed by atoms with Crippen LogP contribution in [0.5, 0.6) is 5.75 Å². The standard InChI is InChI=1S/C20H18N4O4/c1-27-17-7-3-6-16(10-17)24-11-14(9-18(24)25)19(26)22-15-5-2-4-13(8-15)20-23-21-12-28-20/h2-8,10,12,14H,9,11H2,1H3,(H,22,26). The third-order valence-corrected chi connectivity index (χ3v) is 4.60. The molecule has 0 radical (unpaired) electrons. The molecule has 2 amide bonds. The summed E-state index contributed by atoms with van der Waals surface area (Å²) < 4.78 is 10.4. The molecule has 142 valence electrons. The highest BCUT2D eigenvalue weighted by Crippen LogP contribution is 2.29. The molecule has 8 nitrogen and oxygen atoms in total. The summed E-state index contributed by atoms with van der Waals surface area (Å²) in [7, 11) is 1.57. The first-order chi connectivity index (χ1) is 13.6. The van der Waals surface area contributed by atoms with E-state index in [9.17, 15) is 9.59 Å². The molecule has 0 saturated carbocycles. The van der Waals surface area contributed by atoms with Crippen LogP contribution in [0.25, 0.3) is 11.5 Å². The van der Waals surface area contributed by atoms with Crippen molar-refractivity contribution < 1.29 is 18.7 Å². The second kappa shape index (κ2) is 7.51. The Hall–Kier alpha value is -3.68. The normalized spacial score (nSPS) is 16.2. The SMILES string of the molecule is COc1cccc(N2CC(C(=O)Nc3cccc(-c4nnco4)c3)CC2=O)c1. The van der Waals surface area contributed by atoms with Crippen LogP contribution in [0, 0.1) is 5.92 Å². The maximum absolute atomic E-state index is 12.7. The molecule has 1 fully saturated rings. The largest absolute Gasteiger partial charge is 0.497 e. The van der Waals surface area contributed by atoms with Crippen molar-refractivity contribution in [3.63, 3.8) is 0 Å². The molecule has 3 aromatic rings. The maximum Gasteiger partial charge on any atom is 0.247 e. The van der Waals surface area contributed by atoms with Crippen molar-refractivity contribution in [1.29, 1.82) is 0 Å². The van der Waals surface area contributed by atoms with Crippen molar-refractivity contribution in [3.8, 4) is 17.2 Å². The number of anilines is 2. The number of nitrogens with one attached hydrogen (secondary N) is 1. The summed E-state index contributed by atoms with van der Waals surface area (Å²) in [6, 6.07) is 14.4. The summed E-state index contributed by atoms with van der Waals surface area (Å²) in [5.74, 6) is 0.299. The van der Waals surface area contributed by atoms with E-state index in [2.05, 4.69) is 15.5 Å². The Kier molecular flexibility index (Phi) is 4.76. The molecule has 1 atom stereocenters. The molecule has 8 heteroatoms. The molecule has 4 rings (SSSR count). The van der Waals surface area contributed by atoms with E-state index < -0.39 is 5.92 Å². The molecule has 1 aliphatic heterocycles. The highest BCUT2D eigenvalue weighted by Gasteiger charge is 2.35. The highest BCUT2D eigenvalue weighted by molar-refractivity contribution is 6.03. The van der Waals surface area contributed by atoms with Gasteiger partial charge in [-0.1, -0.05) is 12.1 Å². The topological polar surface area (TPSA) is 97.6 Å². The number of rotatable bonds is 5. The van der Waals surface area contributed by atoms with Crippen LogP contribution in [-0.4, -0.2) is 35.7 Å². The van der Waals surface area contributed by atoms with Crippen LogP contribution in [0.3, 0.4) is 0 Å². The van der Waals surface area contributed by atoms with E-state index in [1.807, 2.05) is 24.3 Å². The van der Waals surface area contributed by atoms with Crippen molar-refractivity contribution in [2.75, 3.05) is 23.9 Å². The van der Waals surface area contributed by atoms with Crippen LogP contribution in [0.1, 0.15) is 6.42 Å². The molecule has 1 aliphatic rings. The lowest BCUT2D eigenvalue weighted by atomic mass is 10.1. The number of aromatic nitrogens is 2. The molecule has 1 unspecified atom stereocenters. The minimum atomic E-state index is -0.439. The van der Waals surface area contributed by atoms with E-state index in [1.165, 1.54) is 6.39 Å². The molecule has 2 aromatic carbocycles. The van der Waals surface area contributed by atoms with Gasteiger partial charge in [-0.15, -0.1) is 10.2 Å². The zero-order valence-corrected chi connectivity index (χ0v) is 15.2. The Balaban J connectivity index is 1.46. The first-order valence-corrected chi connectivity index (χ1v) is 8.76. The second-order valence-electron chi connectivity index (χ2n) is 6.42. The molecule has 0 spiro atoms. The zero-order valence-electron chi connectivity index (χ0n) is 15.2. The molecular formula is C20H18N4O4. The summed E-state index contributed by atoms with van der Waals surface area (Å²) in [5, 5.41) is 10.4. The van der Waals surface area contributed by atoms with Gasteiger partial charge >= 0.3 is 0 Å². The number of benzene rings is 2. The van der Waals surface area contributed by atoms with Gasteiger partial charge in [0.15, 0.2) is 0 Å². The number of carbonyl (C=O) groups excluding carboxylic acids is 2. The Labute approximate surface area is 161 Å². The summed E-state index contributed by atoms with van der Waals surface area (Å²) in [6.45, 7) is 0.321. The first kappa shape index (κ1) is 17.7. The number of ether oxygens (including phenoxy) is 1. The van der Waals surface area contributed by atoms with Gasteiger partial charge in [-0.3, -0.25) is 9.59 Å². The molecule has 0 bridgehead atoms. The summed E-state index contributed by atoms with van der Waals surface area (Å²) in [6.07, 6.45) is 1.41. The van der Waals surface area contributed by atoms with Crippen molar-refractivity contribution in [1.82, 2.24) is 10.2 Å². The van der Waals surface area contributed by atoms with Crippen LogP contribution < -0.4 is 15.0 Å². The van der Waals surface area contributed by atoms with Gasteiger partial charge in [0, 0.05) is 36.0 Å². The van der Waals surface area contributed by atoms with Gasteiger partial charge in [-0.25, -0.2) is 0 Å². The number of carbonyl (C=O) groups is 2. The highest BCUT2D eigenvalue weighted by atomic mass is 16.5. The lowest BCUT2D eigenvalue weighted by molar-refractivity contribution is -0.122. The van der Waals surface area contributed by atoms with Crippen LogP contribution in [-0.2, 0) is 9.59 Å². The van der Waals surface area contributed by atoms with E-state index in [-0.39, 0.29) is 18.2 Å². The van der Waals surface area contributed by atoms with Gasteiger partial charge in [0.25, 0.3) is 0 Å². The smallest absolute Gasteiger partial charge is 0.247 e. The minimum Gasteiger partial charge on any atom is -0.497 e. The molecule has 0 aliphatic carbocycles. The molecule has 2 heterocycles. The quantitative estimate of drug-likeness (QED) is 0.733. The Bertz CT molecular complexity index is 1000. The molecule has 28 heavy (non-hydrogen) atoms. The first-order valence-electron chi connectivity index (χ1n) is 8.76. The number of hydrogen-bond donors (Lipinski definition) is 1. The zero-order chi connectivity index (χ0) is 19.5. The van der Waals surface area contributed by atoms with E-state index >= 15 is 0 Å². The Morgan fingerprint density at radius 1 is 1.25 bits per heavy atom. The molecule has 1 aromatic heterocycles. The molecular weight excluding hydrogens is 360 g/mol. The second-order valence-corrected chi connectivity index (χ2v) is 6.42. The van der Waals surface area contributed by atoms with Gasteiger partial charge in [0.1, 0.15) is 5.75 Å². The number of nitrogens with zero attached hydrogens (tertiary/aromatic N) is 3. The average molecular weight is 378 g/mol. The average Bonchev–Trinajstić information content (AvgIpc) is 3.38. The summed E-state index contributed by atoms with van der Waals surface area (Å²) >= 11 is 0. The van der Waals surface area contributed by atoms with E-state index in [0.717, 1.165) is 5.69 Å². The fourth-order valence-electron chi connectivity index (χ4n) is 3.18. The van der Waals surface area contributed by atoms with Crippen LogP contribution in [0.15, 0.2) is 59.3 Å².